The van der Waals surface area contributed by atoms with Crippen molar-refractivity contribution < 1.29 is 4.79 Å². The van der Waals surface area contributed by atoms with E-state index in [0.717, 1.165) is 21.9 Å². The molecule has 27 heavy (non-hydrogen) atoms. The zero-order valence-electron chi connectivity index (χ0n) is 16.2. The van der Waals surface area contributed by atoms with Gasteiger partial charge in [0.2, 0.25) is 5.91 Å². The third-order valence-electron chi connectivity index (χ3n) is 4.35. The molecule has 0 aliphatic rings. The molecule has 0 fully saturated rings. The average Bonchev–Trinajstić information content (AvgIpc) is 2.95. The van der Waals surface area contributed by atoms with E-state index in [1.165, 1.54) is 5.56 Å². The Bertz CT molecular complexity index is 994. The number of hydrogen-bond acceptors (Lipinski definition) is 3. The number of aromatic nitrogens is 1. The molecule has 0 radical (unpaired) electrons. The molecule has 4 nitrogen and oxygen atoms in total. The average molecular weight is 380 g/mol. The predicted octanol–water partition coefficient (Wildman–Crippen LogP) is 4.80. The van der Waals surface area contributed by atoms with Crippen LogP contribution in [0.15, 0.2) is 65.0 Å². The van der Waals surface area contributed by atoms with Gasteiger partial charge in [0.15, 0.2) is 4.80 Å². The minimum atomic E-state index is -0.0313. The van der Waals surface area contributed by atoms with Gasteiger partial charge in [-0.15, -0.1) is 11.3 Å². The summed E-state index contributed by atoms with van der Waals surface area (Å²) in [5.41, 5.74) is 3.96. The zero-order chi connectivity index (χ0) is 19.4. The molecule has 0 atom stereocenters. The van der Waals surface area contributed by atoms with Crippen LogP contribution in [-0.4, -0.2) is 10.5 Å². The van der Waals surface area contributed by atoms with E-state index in [1.807, 2.05) is 65.5 Å². The van der Waals surface area contributed by atoms with Crippen LogP contribution in [0.5, 0.6) is 0 Å². The maximum Gasteiger partial charge on any atom is 0.230 e. The van der Waals surface area contributed by atoms with E-state index in [0.29, 0.717) is 6.42 Å². The highest BCUT2D eigenvalue weighted by molar-refractivity contribution is 7.07. The lowest BCUT2D eigenvalue weighted by molar-refractivity contribution is -0.115. The van der Waals surface area contributed by atoms with Crippen molar-refractivity contribution in [3.05, 3.63) is 76.0 Å². The number of carbonyl (C=O) groups excluding carboxylic acids is 1. The summed E-state index contributed by atoms with van der Waals surface area (Å²) in [6, 6.07) is 17.7. The first-order valence-corrected chi connectivity index (χ1v) is 9.85. The second-order valence-corrected chi connectivity index (χ2v) is 8.38. The summed E-state index contributed by atoms with van der Waals surface area (Å²) in [6.07, 6.45) is 0.318. The number of amides is 1. The molecule has 0 aliphatic carbocycles. The third-order valence-corrected chi connectivity index (χ3v) is 5.31. The van der Waals surface area contributed by atoms with Gasteiger partial charge in [0, 0.05) is 23.8 Å². The third kappa shape index (κ3) is 4.74. The molecule has 2 aromatic carbocycles. The molecule has 0 unspecified atom stereocenters. The van der Waals surface area contributed by atoms with E-state index < -0.39 is 0 Å². The zero-order valence-corrected chi connectivity index (χ0v) is 17.0. The molecule has 0 saturated carbocycles. The summed E-state index contributed by atoms with van der Waals surface area (Å²) in [5.74, 6) is -0.0313. The van der Waals surface area contributed by atoms with Crippen molar-refractivity contribution in [2.45, 2.75) is 32.6 Å². The standard InChI is InChI=1S/C22H25N3OS/c1-22(2,3)18-12-8-9-13-19(18)24-21-25(4)17(15-27-21)14-20(26)23-16-10-6-5-7-11-16/h5-13,15H,14H2,1-4H3,(H,23,26). The Hall–Kier alpha value is -2.66. The van der Waals surface area contributed by atoms with Crippen molar-refractivity contribution in [2.75, 3.05) is 5.32 Å². The number of para-hydroxylation sites is 2. The van der Waals surface area contributed by atoms with E-state index in [4.69, 9.17) is 4.99 Å². The molecule has 0 bridgehead atoms. The van der Waals surface area contributed by atoms with Gasteiger partial charge in [-0.3, -0.25) is 4.79 Å². The molecule has 1 heterocycles. The normalized spacial score (nSPS) is 12.2. The number of anilines is 1. The van der Waals surface area contributed by atoms with E-state index in [1.54, 1.807) is 11.3 Å². The van der Waals surface area contributed by atoms with E-state index in [2.05, 4.69) is 32.2 Å². The Morgan fingerprint density at radius 3 is 2.44 bits per heavy atom. The number of nitrogens with one attached hydrogen (secondary N) is 1. The van der Waals surface area contributed by atoms with Crippen molar-refractivity contribution in [1.29, 1.82) is 0 Å². The van der Waals surface area contributed by atoms with Crippen LogP contribution in [0.2, 0.25) is 0 Å². The van der Waals surface area contributed by atoms with E-state index in [9.17, 15) is 4.79 Å². The van der Waals surface area contributed by atoms with Gasteiger partial charge in [0.25, 0.3) is 0 Å². The fourth-order valence-corrected chi connectivity index (χ4v) is 3.77. The molecule has 0 aliphatic heterocycles. The molecule has 1 N–H and O–H groups in total. The van der Waals surface area contributed by atoms with Gasteiger partial charge in [-0.1, -0.05) is 57.2 Å². The first-order chi connectivity index (χ1) is 12.8. The van der Waals surface area contributed by atoms with Gasteiger partial charge in [0.1, 0.15) is 0 Å². The summed E-state index contributed by atoms with van der Waals surface area (Å²) >= 11 is 1.55. The molecule has 1 amide bonds. The van der Waals surface area contributed by atoms with E-state index in [-0.39, 0.29) is 11.3 Å². The van der Waals surface area contributed by atoms with Crippen LogP contribution in [0.1, 0.15) is 32.0 Å². The van der Waals surface area contributed by atoms with Crippen molar-refractivity contribution >= 4 is 28.6 Å². The molecule has 5 heteroatoms. The van der Waals surface area contributed by atoms with Crippen molar-refractivity contribution in [1.82, 2.24) is 4.57 Å². The Balaban J connectivity index is 1.84. The molecule has 0 saturated heterocycles. The minimum absolute atomic E-state index is 0.0221. The highest BCUT2D eigenvalue weighted by Crippen LogP contribution is 2.30. The maximum absolute atomic E-state index is 12.3. The quantitative estimate of drug-likeness (QED) is 0.695. The number of hydrogen-bond donors (Lipinski definition) is 1. The van der Waals surface area contributed by atoms with Crippen molar-refractivity contribution in [3.63, 3.8) is 0 Å². The molecule has 3 rings (SSSR count). The molecular formula is C22H25N3OS. The van der Waals surface area contributed by atoms with Crippen LogP contribution in [0.25, 0.3) is 0 Å². The van der Waals surface area contributed by atoms with E-state index >= 15 is 0 Å². The predicted molar refractivity (Wildman–Crippen MR) is 112 cm³/mol. The van der Waals surface area contributed by atoms with Crippen LogP contribution in [0.4, 0.5) is 11.4 Å². The second kappa shape index (κ2) is 7.92. The summed E-state index contributed by atoms with van der Waals surface area (Å²) in [4.78, 5) is 18.1. The lowest BCUT2D eigenvalue weighted by Crippen LogP contribution is -2.19. The van der Waals surface area contributed by atoms with Gasteiger partial charge < -0.3 is 9.88 Å². The maximum atomic E-state index is 12.3. The number of rotatable bonds is 4. The Labute approximate surface area is 164 Å². The molecule has 0 spiro atoms. The summed E-state index contributed by atoms with van der Waals surface area (Å²) in [7, 11) is 1.96. The molecule has 140 valence electrons. The Kier molecular flexibility index (Phi) is 5.61. The Morgan fingerprint density at radius 1 is 1.07 bits per heavy atom. The van der Waals surface area contributed by atoms with Crippen LogP contribution in [0.3, 0.4) is 0 Å². The smallest absolute Gasteiger partial charge is 0.230 e. The molecule has 1 aromatic heterocycles. The first kappa shape index (κ1) is 19.1. The monoisotopic (exact) mass is 379 g/mol. The number of benzene rings is 2. The largest absolute Gasteiger partial charge is 0.326 e. The van der Waals surface area contributed by atoms with Crippen LogP contribution in [0, 0.1) is 0 Å². The van der Waals surface area contributed by atoms with Gasteiger partial charge in [-0.05, 0) is 29.2 Å². The van der Waals surface area contributed by atoms with Crippen molar-refractivity contribution in [2.24, 2.45) is 12.0 Å². The highest BCUT2D eigenvalue weighted by atomic mass is 32.1. The van der Waals surface area contributed by atoms with Crippen LogP contribution >= 0.6 is 11.3 Å². The summed E-state index contributed by atoms with van der Waals surface area (Å²) < 4.78 is 1.99. The molecule has 3 aromatic rings. The Morgan fingerprint density at radius 2 is 1.74 bits per heavy atom. The van der Waals surface area contributed by atoms with Crippen LogP contribution in [-0.2, 0) is 23.7 Å². The first-order valence-electron chi connectivity index (χ1n) is 8.97. The van der Waals surface area contributed by atoms with Gasteiger partial charge >= 0.3 is 0 Å². The highest BCUT2D eigenvalue weighted by Gasteiger charge is 2.17. The van der Waals surface area contributed by atoms with Gasteiger partial charge in [-0.2, -0.15) is 0 Å². The lowest BCUT2D eigenvalue weighted by Gasteiger charge is -2.20. The molecular weight excluding hydrogens is 354 g/mol. The number of carbonyl (C=O) groups is 1. The lowest BCUT2D eigenvalue weighted by atomic mass is 9.86. The topological polar surface area (TPSA) is 46.4 Å². The van der Waals surface area contributed by atoms with Crippen LogP contribution < -0.4 is 10.1 Å². The summed E-state index contributed by atoms with van der Waals surface area (Å²) in [6.45, 7) is 6.57. The summed E-state index contributed by atoms with van der Waals surface area (Å²) in [5, 5.41) is 4.93. The number of thiazole rings is 1. The fraction of sp³-hybridized carbons (Fsp3) is 0.273. The second-order valence-electron chi connectivity index (χ2n) is 7.54. The van der Waals surface area contributed by atoms with Gasteiger partial charge in [0.05, 0.1) is 12.1 Å². The fourth-order valence-electron chi connectivity index (χ4n) is 2.86. The SMILES string of the molecule is Cn1c(CC(=O)Nc2ccccc2)csc1=Nc1ccccc1C(C)(C)C. The van der Waals surface area contributed by atoms with Crippen molar-refractivity contribution in [3.8, 4) is 0 Å². The van der Waals surface area contributed by atoms with Gasteiger partial charge in [-0.25, -0.2) is 4.99 Å². The number of nitrogens with zero attached hydrogens (tertiary/aromatic N) is 2. The minimum Gasteiger partial charge on any atom is -0.326 e.